The summed E-state index contributed by atoms with van der Waals surface area (Å²) < 4.78 is 0. The summed E-state index contributed by atoms with van der Waals surface area (Å²) in [4.78, 5) is 3.90. The predicted octanol–water partition coefficient (Wildman–Crippen LogP) is 6.08. The summed E-state index contributed by atoms with van der Waals surface area (Å²) in [5.74, 6) is 0.846. The van der Waals surface area contributed by atoms with Crippen molar-refractivity contribution in [2.45, 2.75) is 110 Å². The van der Waals surface area contributed by atoms with Gasteiger partial charge in [-0.3, -0.25) is 0 Å². The van der Waals surface area contributed by atoms with Crippen LogP contribution in [-0.2, 0) is 0 Å². The lowest BCUT2D eigenvalue weighted by Gasteiger charge is -2.03. The van der Waals surface area contributed by atoms with Gasteiger partial charge in [0.05, 0.1) is 6.54 Å². The van der Waals surface area contributed by atoms with Crippen LogP contribution in [0.25, 0.3) is 0 Å². The summed E-state index contributed by atoms with van der Waals surface area (Å²) in [6, 6.07) is 0. The molecule has 24 heavy (non-hydrogen) atoms. The third-order valence-corrected chi connectivity index (χ3v) is 4.89. The number of aliphatic imine (C=N–C) groups is 1. The minimum atomic E-state index is 0.846. The predicted molar refractivity (Wildman–Crippen MR) is 110 cm³/mol. The molecule has 1 rings (SSSR count). The highest BCUT2D eigenvalue weighted by Gasteiger charge is 1.94. The molecule has 0 saturated heterocycles. The van der Waals surface area contributed by atoms with Crippen molar-refractivity contribution in [3.63, 3.8) is 0 Å². The van der Waals surface area contributed by atoms with E-state index in [0.29, 0.717) is 0 Å². The van der Waals surface area contributed by atoms with E-state index in [1.165, 1.54) is 103 Å². The second kappa shape index (κ2) is 22.9. The summed E-state index contributed by atoms with van der Waals surface area (Å²) in [6.07, 6.45) is 24.7. The number of nitrogens with two attached hydrogens (primary N) is 1. The monoisotopic (exact) mass is 359 g/mol. The molecule has 0 aliphatic carbocycles. The number of rotatable bonds is 16. The van der Waals surface area contributed by atoms with E-state index >= 15 is 0 Å². The Morgan fingerprint density at radius 3 is 1.38 bits per heavy atom. The van der Waals surface area contributed by atoms with Crippen molar-refractivity contribution in [3.8, 4) is 0 Å². The second-order valence-corrected chi connectivity index (χ2v) is 7.45. The first kappa shape index (κ1) is 23.9. The smallest absolute Gasteiger partial charge is 0.182 e. The van der Waals surface area contributed by atoms with Crippen molar-refractivity contribution in [3.05, 3.63) is 0 Å². The first-order valence-corrected chi connectivity index (χ1v) is 11.3. The Hall–Kier alpha value is -0.0800. The van der Waals surface area contributed by atoms with Crippen molar-refractivity contribution in [2.75, 3.05) is 19.0 Å². The van der Waals surface area contributed by atoms with E-state index in [9.17, 15) is 0 Å². The Bertz CT molecular complexity index is 222. The van der Waals surface area contributed by atoms with Gasteiger partial charge in [0.2, 0.25) is 0 Å². The molecule has 0 aromatic carbocycles. The fraction of sp³-hybridized carbons (Fsp3) is 0.952. The van der Waals surface area contributed by atoms with Gasteiger partial charge in [-0.05, 0) is 6.42 Å². The van der Waals surface area contributed by atoms with Crippen LogP contribution in [-0.4, -0.2) is 25.3 Å². The van der Waals surface area contributed by atoms with Crippen molar-refractivity contribution >= 4 is 17.9 Å². The van der Waals surface area contributed by atoms with E-state index in [-0.39, 0.29) is 0 Å². The first-order chi connectivity index (χ1) is 11.9. The minimum Gasteiger partial charge on any atom is -0.303 e. The molecule has 2 nitrogen and oxygen atoms in total. The highest BCUT2D eigenvalue weighted by Crippen LogP contribution is 2.13. The molecule has 0 radical (unpaired) electrons. The Morgan fingerprint density at radius 1 is 0.708 bits per heavy atom. The van der Waals surface area contributed by atoms with Crippen LogP contribution in [0, 0.1) is 0 Å². The Morgan fingerprint density at radius 2 is 1.12 bits per heavy atom. The maximum absolute atomic E-state index is 5.66. The van der Waals surface area contributed by atoms with Crippen LogP contribution in [0.3, 0.4) is 0 Å². The molecule has 144 valence electrons. The molecule has 0 aromatic rings. The molecule has 0 atom stereocenters. The average molecular weight is 360 g/mol. The molecule has 0 bridgehead atoms. The van der Waals surface area contributed by atoms with Gasteiger partial charge in [-0.1, -0.05) is 103 Å². The molecular formula is C21H44ClN2+. The zero-order chi connectivity index (χ0) is 17.6. The quantitative estimate of drug-likeness (QED) is 0.255. The fourth-order valence-electron chi connectivity index (χ4n) is 3.02. The molecule has 0 spiro atoms. The zero-order valence-corrected chi connectivity index (χ0v) is 17.2. The first-order valence-electron chi connectivity index (χ1n) is 10.8. The maximum Gasteiger partial charge on any atom is 0.182 e. The number of nitrogens with zero attached hydrogens (tertiary/aromatic N) is 1. The van der Waals surface area contributed by atoms with Gasteiger partial charge in [0.25, 0.3) is 0 Å². The summed E-state index contributed by atoms with van der Waals surface area (Å²) in [6.45, 7) is 4.46. The number of hydrogen-bond acceptors (Lipinski definition) is 1. The SMILES string of the molecule is C1=NCC[NH2+]1.CCCCCCCCCCCCCCCCCCCl. The highest BCUT2D eigenvalue weighted by atomic mass is 35.5. The molecule has 1 heterocycles. The zero-order valence-electron chi connectivity index (χ0n) is 16.4. The highest BCUT2D eigenvalue weighted by molar-refractivity contribution is 6.17. The van der Waals surface area contributed by atoms with E-state index in [0.717, 1.165) is 19.0 Å². The van der Waals surface area contributed by atoms with Gasteiger partial charge in [0, 0.05) is 5.88 Å². The van der Waals surface area contributed by atoms with Crippen LogP contribution in [0.4, 0.5) is 0 Å². The molecule has 1 aliphatic rings. The van der Waals surface area contributed by atoms with Crippen LogP contribution >= 0.6 is 11.6 Å². The van der Waals surface area contributed by atoms with E-state index < -0.39 is 0 Å². The summed E-state index contributed by atoms with van der Waals surface area (Å²) in [7, 11) is 0. The van der Waals surface area contributed by atoms with Crippen LogP contribution in [0.15, 0.2) is 4.99 Å². The third kappa shape index (κ3) is 21.9. The molecule has 2 N–H and O–H groups in total. The molecule has 0 aromatic heterocycles. The number of hydrogen-bond donors (Lipinski definition) is 1. The Labute approximate surface area is 157 Å². The van der Waals surface area contributed by atoms with Gasteiger partial charge in [-0.15, -0.1) is 11.6 Å². The largest absolute Gasteiger partial charge is 0.303 e. The summed E-state index contributed by atoms with van der Waals surface area (Å²) in [5, 5.41) is 2.07. The van der Waals surface area contributed by atoms with Gasteiger partial charge in [-0.25, -0.2) is 4.99 Å². The van der Waals surface area contributed by atoms with Crippen LogP contribution in [0.2, 0.25) is 0 Å². The molecule has 0 amide bonds. The van der Waals surface area contributed by atoms with Crippen molar-refractivity contribution < 1.29 is 5.32 Å². The van der Waals surface area contributed by atoms with E-state index in [4.69, 9.17) is 11.6 Å². The normalized spacial score (nSPS) is 13.1. The molecule has 0 unspecified atom stereocenters. The number of unbranched alkanes of at least 4 members (excludes halogenated alkanes) is 15. The second-order valence-electron chi connectivity index (χ2n) is 7.07. The summed E-state index contributed by atoms with van der Waals surface area (Å²) >= 11 is 5.66. The van der Waals surface area contributed by atoms with E-state index in [1.807, 2.05) is 6.34 Å². The van der Waals surface area contributed by atoms with Crippen LogP contribution in [0.5, 0.6) is 0 Å². The average Bonchev–Trinajstić information content (AvgIpc) is 3.18. The molecule has 1 aliphatic heterocycles. The fourth-order valence-corrected chi connectivity index (χ4v) is 3.20. The number of quaternary nitrogens is 1. The lowest BCUT2D eigenvalue weighted by atomic mass is 10.0. The minimum absolute atomic E-state index is 0.846. The number of halogens is 1. The van der Waals surface area contributed by atoms with Gasteiger partial charge in [0.15, 0.2) is 6.34 Å². The lowest BCUT2D eigenvalue weighted by molar-refractivity contribution is -0.518. The van der Waals surface area contributed by atoms with Gasteiger partial charge in [-0.2, -0.15) is 0 Å². The third-order valence-electron chi connectivity index (χ3n) is 4.62. The molecule has 0 fully saturated rings. The topological polar surface area (TPSA) is 29.0 Å². The van der Waals surface area contributed by atoms with Crippen LogP contribution in [0.1, 0.15) is 110 Å². The van der Waals surface area contributed by atoms with Crippen molar-refractivity contribution in [1.82, 2.24) is 0 Å². The van der Waals surface area contributed by atoms with E-state index in [1.54, 1.807) is 0 Å². The maximum atomic E-state index is 5.66. The van der Waals surface area contributed by atoms with Crippen molar-refractivity contribution in [2.24, 2.45) is 4.99 Å². The Kier molecular flexibility index (Phi) is 22.8. The van der Waals surface area contributed by atoms with Gasteiger partial charge >= 0.3 is 0 Å². The van der Waals surface area contributed by atoms with Gasteiger partial charge < -0.3 is 5.32 Å². The van der Waals surface area contributed by atoms with Gasteiger partial charge in [0.1, 0.15) is 6.54 Å². The van der Waals surface area contributed by atoms with Crippen molar-refractivity contribution in [1.29, 1.82) is 0 Å². The van der Waals surface area contributed by atoms with Crippen LogP contribution < -0.4 is 5.32 Å². The van der Waals surface area contributed by atoms with E-state index in [2.05, 4.69) is 17.2 Å². The molecule has 3 heteroatoms. The summed E-state index contributed by atoms with van der Waals surface area (Å²) in [5.41, 5.74) is 0. The molecular weight excluding hydrogens is 316 g/mol. The Balaban J connectivity index is 0.000000889. The molecule has 0 saturated carbocycles. The standard InChI is InChI=1S/C18H37Cl.C3H6N2/c1-2-3-4-5-6-7-8-9-10-11-12-13-14-15-16-17-18-19;1-2-5-3-4-1/h2-18H2,1H3;3H,1-2H2,(H,4,5)/p+1. The number of alkyl halides is 1. The lowest BCUT2D eigenvalue weighted by Crippen LogP contribution is -2.80.